The van der Waals surface area contributed by atoms with Crippen molar-refractivity contribution in [3.05, 3.63) is 47.5 Å². The van der Waals surface area contributed by atoms with Crippen molar-refractivity contribution < 1.29 is 9.21 Å². The molecular formula is C15H18O2. The first-order valence-electron chi connectivity index (χ1n) is 6.02. The Bertz CT molecular complexity index is 477. The maximum Gasteiger partial charge on any atom is 0.166 e. The van der Waals surface area contributed by atoms with Gasteiger partial charge in [0.2, 0.25) is 0 Å². The third-order valence-electron chi connectivity index (χ3n) is 3.14. The summed E-state index contributed by atoms with van der Waals surface area (Å²) < 4.78 is 5.48. The predicted octanol–water partition coefficient (Wildman–Crippen LogP) is 3.86. The van der Waals surface area contributed by atoms with Gasteiger partial charge in [-0.1, -0.05) is 25.7 Å². The van der Waals surface area contributed by atoms with Crippen LogP contribution >= 0.6 is 0 Å². The van der Waals surface area contributed by atoms with Gasteiger partial charge < -0.3 is 4.42 Å². The molecule has 0 N–H and O–H groups in total. The fourth-order valence-corrected chi connectivity index (χ4v) is 2.24. The molecule has 0 bridgehead atoms. The monoisotopic (exact) mass is 230 g/mol. The van der Waals surface area contributed by atoms with Gasteiger partial charge in [-0.2, -0.15) is 0 Å². The van der Waals surface area contributed by atoms with E-state index in [1.54, 1.807) is 6.26 Å². The highest BCUT2D eigenvalue weighted by molar-refractivity contribution is 5.98. The van der Waals surface area contributed by atoms with E-state index in [1.165, 1.54) is 0 Å². The Morgan fingerprint density at radius 2 is 2.24 bits per heavy atom. The topological polar surface area (TPSA) is 30.2 Å². The van der Waals surface area contributed by atoms with Crippen molar-refractivity contribution in [2.75, 3.05) is 0 Å². The second kappa shape index (κ2) is 4.74. The summed E-state index contributed by atoms with van der Waals surface area (Å²) in [6.07, 6.45) is 7.94. The number of ketones is 1. The van der Waals surface area contributed by atoms with Crippen molar-refractivity contribution in [3.8, 4) is 0 Å². The highest BCUT2D eigenvalue weighted by atomic mass is 16.3. The highest BCUT2D eigenvalue weighted by Gasteiger charge is 2.20. The highest BCUT2D eigenvalue weighted by Crippen LogP contribution is 2.25. The molecule has 90 valence electrons. The molecule has 0 aliphatic heterocycles. The maximum absolute atomic E-state index is 12.2. The summed E-state index contributed by atoms with van der Waals surface area (Å²) in [6, 6.07) is 0. The van der Waals surface area contributed by atoms with Gasteiger partial charge in [0.05, 0.1) is 11.8 Å². The number of aryl methyl sites for hydroxylation is 1. The lowest BCUT2D eigenvalue weighted by atomic mass is 9.92. The summed E-state index contributed by atoms with van der Waals surface area (Å²) in [4.78, 5) is 12.2. The van der Waals surface area contributed by atoms with Gasteiger partial charge in [-0.3, -0.25) is 4.79 Å². The molecule has 0 spiro atoms. The summed E-state index contributed by atoms with van der Waals surface area (Å²) in [5.74, 6) is 1.32. The molecule has 0 aromatic carbocycles. The minimum absolute atomic E-state index is 0.196. The third-order valence-corrected chi connectivity index (χ3v) is 3.14. The average Bonchev–Trinajstić information content (AvgIpc) is 2.58. The Balaban J connectivity index is 2.41. The van der Waals surface area contributed by atoms with Crippen LogP contribution in [0.25, 0.3) is 0 Å². The Hall–Kier alpha value is -1.57. The number of hydrogen-bond acceptors (Lipinski definition) is 2. The summed E-state index contributed by atoms with van der Waals surface area (Å²) >= 11 is 0. The van der Waals surface area contributed by atoms with Crippen LogP contribution in [0.15, 0.2) is 35.0 Å². The summed E-state index contributed by atoms with van der Waals surface area (Å²) in [6.45, 7) is 8.01. The summed E-state index contributed by atoms with van der Waals surface area (Å²) in [7, 11) is 0. The maximum atomic E-state index is 12.2. The number of Topliss-reactive ketones (excluding diaryl/α,β-unsaturated/α-hetero) is 1. The van der Waals surface area contributed by atoms with Crippen molar-refractivity contribution >= 4 is 5.78 Å². The van der Waals surface area contributed by atoms with Gasteiger partial charge in [0.15, 0.2) is 5.78 Å². The lowest BCUT2D eigenvalue weighted by molar-refractivity contribution is 0.0962. The Labute approximate surface area is 102 Å². The molecule has 0 amide bonds. The van der Waals surface area contributed by atoms with Crippen molar-refractivity contribution in [3.63, 3.8) is 0 Å². The summed E-state index contributed by atoms with van der Waals surface area (Å²) in [5, 5.41) is 0. The van der Waals surface area contributed by atoms with E-state index >= 15 is 0 Å². The van der Waals surface area contributed by atoms with Crippen molar-refractivity contribution in [2.24, 2.45) is 5.92 Å². The van der Waals surface area contributed by atoms with Gasteiger partial charge in [0.25, 0.3) is 0 Å². The van der Waals surface area contributed by atoms with Crippen LogP contribution in [0, 0.1) is 12.8 Å². The lowest BCUT2D eigenvalue weighted by Crippen LogP contribution is -2.09. The fourth-order valence-electron chi connectivity index (χ4n) is 2.24. The van der Waals surface area contributed by atoms with Gasteiger partial charge in [0.1, 0.15) is 5.76 Å². The molecule has 1 heterocycles. The molecule has 0 saturated heterocycles. The number of carbonyl (C=O) groups excluding carboxylic acids is 1. The van der Waals surface area contributed by atoms with Gasteiger partial charge in [-0.05, 0) is 30.4 Å². The number of fused-ring (bicyclic) bond motifs is 1. The van der Waals surface area contributed by atoms with Crippen LogP contribution in [0.5, 0.6) is 0 Å². The molecule has 1 atom stereocenters. The second-order valence-electron chi connectivity index (χ2n) is 4.92. The SMILES string of the molecule is C=C1C=CC[C@@H](C)CC(=O)c2c(C)coc2C1. The quantitative estimate of drug-likeness (QED) is 0.677. The van der Waals surface area contributed by atoms with E-state index in [1.807, 2.05) is 13.0 Å². The molecule has 0 saturated carbocycles. The largest absolute Gasteiger partial charge is 0.468 e. The fraction of sp³-hybridized carbons (Fsp3) is 0.400. The molecule has 2 heteroatoms. The van der Waals surface area contributed by atoms with Gasteiger partial charge in [-0.15, -0.1) is 0 Å². The number of hydrogen-bond donors (Lipinski definition) is 0. The van der Waals surface area contributed by atoms with Gasteiger partial charge in [0, 0.05) is 12.8 Å². The normalized spacial score (nSPS) is 21.4. The number of rotatable bonds is 0. The van der Waals surface area contributed by atoms with Crippen LogP contribution in [0.2, 0.25) is 0 Å². The number of allylic oxidation sites excluding steroid dienone is 3. The first kappa shape index (κ1) is 11.9. The zero-order valence-electron chi connectivity index (χ0n) is 10.5. The smallest absolute Gasteiger partial charge is 0.166 e. The van der Waals surface area contributed by atoms with E-state index in [-0.39, 0.29) is 5.78 Å². The van der Waals surface area contributed by atoms with E-state index < -0.39 is 0 Å². The zero-order chi connectivity index (χ0) is 12.4. The van der Waals surface area contributed by atoms with E-state index in [4.69, 9.17) is 4.42 Å². The minimum Gasteiger partial charge on any atom is -0.468 e. The second-order valence-corrected chi connectivity index (χ2v) is 4.92. The molecule has 0 radical (unpaired) electrons. The Kier molecular flexibility index (Phi) is 3.32. The molecule has 17 heavy (non-hydrogen) atoms. The van der Waals surface area contributed by atoms with Crippen molar-refractivity contribution in [1.29, 1.82) is 0 Å². The van der Waals surface area contributed by atoms with Crippen molar-refractivity contribution in [1.82, 2.24) is 0 Å². The summed E-state index contributed by atoms with van der Waals surface area (Å²) in [5.41, 5.74) is 2.70. The van der Waals surface area contributed by atoms with Gasteiger partial charge in [-0.25, -0.2) is 0 Å². The number of carbonyl (C=O) groups is 1. The van der Waals surface area contributed by atoms with Gasteiger partial charge >= 0.3 is 0 Å². The third kappa shape index (κ3) is 2.57. The molecule has 1 aromatic rings. The molecule has 1 aliphatic rings. The Morgan fingerprint density at radius 3 is 3.00 bits per heavy atom. The molecular weight excluding hydrogens is 212 g/mol. The van der Waals surface area contributed by atoms with E-state index in [0.29, 0.717) is 18.8 Å². The minimum atomic E-state index is 0.196. The molecule has 0 unspecified atom stereocenters. The van der Waals surface area contributed by atoms with Crippen LogP contribution in [0.3, 0.4) is 0 Å². The zero-order valence-corrected chi connectivity index (χ0v) is 10.5. The lowest BCUT2D eigenvalue weighted by Gasteiger charge is -2.11. The Morgan fingerprint density at radius 1 is 1.47 bits per heavy atom. The number of furan rings is 1. The van der Waals surface area contributed by atoms with Crippen LogP contribution in [-0.2, 0) is 6.42 Å². The first-order chi connectivity index (χ1) is 8.08. The molecule has 1 aliphatic carbocycles. The van der Waals surface area contributed by atoms with Crippen LogP contribution in [0.1, 0.15) is 41.4 Å². The van der Waals surface area contributed by atoms with Crippen molar-refractivity contribution in [2.45, 2.75) is 33.1 Å². The van der Waals surface area contributed by atoms with Crippen LogP contribution in [0.4, 0.5) is 0 Å². The van der Waals surface area contributed by atoms with Crippen LogP contribution < -0.4 is 0 Å². The average molecular weight is 230 g/mol. The van der Waals surface area contributed by atoms with E-state index in [2.05, 4.69) is 19.6 Å². The van der Waals surface area contributed by atoms with E-state index in [0.717, 1.165) is 28.9 Å². The molecule has 2 rings (SSSR count). The molecule has 0 fully saturated rings. The van der Waals surface area contributed by atoms with E-state index in [9.17, 15) is 4.79 Å². The predicted molar refractivity (Wildman–Crippen MR) is 68.2 cm³/mol. The van der Waals surface area contributed by atoms with Crippen LogP contribution in [-0.4, -0.2) is 5.78 Å². The molecule has 2 nitrogen and oxygen atoms in total. The first-order valence-corrected chi connectivity index (χ1v) is 6.02. The standard InChI is InChI=1S/C15H18O2/c1-10-5-4-6-11(2)8-14-15(13(16)7-10)12(3)9-17-14/h4,6,9-10H,2,5,7-8H2,1,3H3/t10-/m1/s1. The molecule has 1 aromatic heterocycles.